The number of quaternary nitrogens is 1. The molecule has 1 N–H and O–H groups in total. The van der Waals surface area contributed by atoms with Crippen molar-refractivity contribution in [3.05, 3.63) is 77.4 Å². The van der Waals surface area contributed by atoms with Crippen LogP contribution in [0.3, 0.4) is 0 Å². The van der Waals surface area contributed by atoms with E-state index in [9.17, 15) is 0 Å². The molecule has 104 valence electrons. The van der Waals surface area contributed by atoms with Gasteiger partial charge >= 0.3 is 0 Å². The van der Waals surface area contributed by atoms with Gasteiger partial charge < -0.3 is 4.90 Å². The number of hydrogen-bond acceptors (Lipinski definition) is 1. The fourth-order valence-electron chi connectivity index (χ4n) is 2.84. The summed E-state index contributed by atoms with van der Waals surface area (Å²) in [4.78, 5) is 1.58. The van der Waals surface area contributed by atoms with E-state index in [2.05, 4.69) is 54.6 Å². The number of hydrogen-bond donors (Lipinski definition) is 1. The Balaban J connectivity index is 1.63. The van der Waals surface area contributed by atoms with Crippen molar-refractivity contribution in [1.29, 1.82) is 5.26 Å². The highest BCUT2D eigenvalue weighted by atomic mass is 15.1. The van der Waals surface area contributed by atoms with Crippen LogP contribution in [0.2, 0.25) is 0 Å². The molecule has 0 bridgehead atoms. The fraction of sp³-hybridized carbons (Fsp3) is 0.211. The molecule has 1 aliphatic heterocycles. The summed E-state index contributed by atoms with van der Waals surface area (Å²) in [6.07, 6.45) is 3.51. The van der Waals surface area contributed by atoms with Crippen LogP contribution in [-0.4, -0.2) is 13.1 Å². The summed E-state index contributed by atoms with van der Waals surface area (Å²) in [6, 6.07) is 20.8. The standard InChI is InChI=1S/C19H18N2/c20-14-16-6-8-17(9-7-16)15-21-12-10-19(11-13-21)18-4-2-1-3-5-18/h1-10H,11-13,15H2/p+1. The zero-order chi connectivity index (χ0) is 14.5. The number of nitrogens with one attached hydrogen (secondary N) is 1. The van der Waals surface area contributed by atoms with Crippen LogP contribution in [0, 0.1) is 11.3 Å². The Bertz CT molecular complexity index is 663. The summed E-state index contributed by atoms with van der Waals surface area (Å²) in [5, 5.41) is 8.82. The highest BCUT2D eigenvalue weighted by Gasteiger charge is 2.15. The number of nitrogens with zero attached hydrogens (tertiary/aromatic N) is 1. The van der Waals surface area contributed by atoms with E-state index in [1.165, 1.54) is 23.2 Å². The third-order valence-corrected chi connectivity index (χ3v) is 4.07. The second kappa shape index (κ2) is 6.39. The summed E-state index contributed by atoms with van der Waals surface area (Å²) in [7, 11) is 0. The smallest absolute Gasteiger partial charge is 0.103 e. The summed E-state index contributed by atoms with van der Waals surface area (Å²) in [6.45, 7) is 3.27. The van der Waals surface area contributed by atoms with Crippen molar-refractivity contribution < 1.29 is 4.90 Å². The molecule has 0 spiro atoms. The first-order valence-corrected chi connectivity index (χ1v) is 7.42. The molecule has 0 fully saturated rings. The van der Waals surface area contributed by atoms with Crippen LogP contribution in [0.4, 0.5) is 0 Å². The van der Waals surface area contributed by atoms with Crippen LogP contribution in [0.1, 0.15) is 23.1 Å². The quantitative estimate of drug-likeness (QED) is 0.915. The van der Waals surface area contributed by atoms with Crippen molar-refractivity contribution in [3.63, 3.8) is 0 Å². The topological polar surface area (TPSA) is 28.2 Å². The molecule has 0 amide bonds. The van der Waals surface area contributed by atoms with Gasteiger partial charge in [-0.1, -0.05) is 42.5 Å². The van der Waals surface area contributed by atoms with Gasteiger partial charge in [-0.15, -0.1) is 0 Å². The normalized spacial score (nSPS) is 17.9. The van der Waals surface area contributed by atoms with Gasteiger partial charge in [0.05, 0.1) is 24.7 Å². The maximum absolute atomic E-state index is 8.82. The van der Waals surface area contributed by atoms with Gasteiger partial charge in [0.2, 0.25) is 0 Å². The lowest BCUT2D eigenvalue weighted by atomic mass is 9.99. The Labute approximate surface area is 126 Å². The van der Waals surface area contributed by atoms with Gasteiger partial charge in [-0.05, 0) is 29.3 Å². The van der Waals surface area contributed by atoms with Gasteiger partial charge in [-0.3, -0.25) is 0 Å². The van der Waals surface area contributed by atoms with Gasteiger partial charge in [0.1, 0.15) is 6.54 Å². The third kappa shape index (κ3) is 3.39. The van der Waals surface area contributed by atoms with E-state index in [1.807, 2.05) is 12.1 Å². The van der Waals surface area contributed by atoms with E-state index in [0.717, 1.165) is 25.1 Å². The molecule has 2 aromatic rings. The lowest BCUT2D eigenvalue weighted by Crippen LogP contribution is -3.11. The van der Waals surface area contributed by atoms with Crippen LogP contribution in [-0.2, 0) is 6.54 Å². The van der Waals surface area contributed by atoms with E-state index < -0.39 is 0 Å². The highest BCUT2D eigenvalue weighted by Crippen LogP contribution is 2.17. The molecule has 0 radical (unpaired) electrons. The average Bonchev–Trinajstić information content (AvgIpc) is 2.57. The molecule has 1 unspecified atom stereocenters. The minimum absolute atomic E-state index is 0.735. The first-order chi connectivity index (χ1) is 10.3. The van der Waals surface area contributed by atoms with Gasteiger partial charge in [-0.2, -0.15) is 5.26 Å². The molecular formula is C19H19N2+. The van der Waals surface area contributed by atoms with Gasteiger partial charge in [-0.25, -0.2) is 0 Å². The molecule has 2 nitrogen and oxygen atoms in total. The van der Waals surface area contributed by atoms with Crippen molar-refractivity contribution in [2.45, 2.75) is 13.0 Å². The molecule has 0 saturated heterocycles. The van der Waals surface area contributed by atoms with Crippen molar-refractivity contribution in [2.75, 3.05) is 13.1 Å². The maximum atomic E-state index is 8.82. The minimum Gasteiger partial charge on any atom is -0.328 e. The summed E-state index contributed by atoms with van der Waals surface area (Å²) in [5.74, 6) is 0. The van der Waals surface area contributed by atoms with Crippen molar-refractivity contribution in [1.82, 2.24) is 0 Å². The molecule has 21 heavy (non-hydrogen) atoms. The molecule has 1 aliphatic rings. The predicted molar refractivity (Wildman–Crippen MR) is 84.6 cm³/mol. The van der Waals surface area contributed by atoms with Gasteiger partial charge in [0.15, 0.2) is 0 Å². The van der Waals surface area contributed by atoms with E-state index in [1.54, 1.807) is 4.90 Å². The van der Waals surface area contributed by atoms with Crippen LogP contribution < -0.4 is 4.90 Å². The molecule has 0 aromatic heterocycles. The van der Waals surface area contributed by atoms with Crippen molar-refractivity contribution >= 4 is 5.57 Å². The molecule has 2 heteroatoms. The monoisotopic (exact) mass is 275 g/mol. The predicted octanol–water partition coefficient (Wildman–Crippen LogP) is 2.43. The summed E-state index contributed by atoms with van der Waals surface area (Å²) in [5.41, 5.74) is 4.87. The molecule has 1 atom stereocenters. The van der Waals surface area contributed by atoms with E-state index >= 15 is 0 Å². The highest BCUT2D eigenvalue weighted by molar-refractivity contribution is 5.65. The summed E-state index contributed by atoms with van der Waals surface area (Å²) < 4.78 is 0. The Morgan fingerprint density at radius 2 is 1.76 bits per heavy atom. The molecule has 1 heterocycles. The zero-order valence-electron chi connectivity index (χ0n) is 12.0. The number of benzene rings is 2. The van der Waals surface area contributed by atoms with Gasteiger partial charge in [0, 0.05) is 12.0 Å². The average molecular weight is 275 g/mol. The minimum atomic E-state index is 0.735. The lowest BCUT2D eigenvalue weighted by Gasteiger charge is -2.23. The molecule has 0 saturated carbocycles. The Morgan fingerprint density at radius 3 is 2.38 bits per heavy atom. The lowest BCUT2D eigenvalue weighted by molar-refractivity contribution is -0.908. The second-order valence-electron chi connectivity index (χ2n) is 5.54. The first-order valence-electron chi connectivity index (χ1n) is 7.42. The van der Waals surface area contributed by atoms with Crippen molar-refractivity contribution in [2.24, 2.45) is 0 Å². The Morgan fingerprint density at radius 1 is 1.00 bits per heavy atom. The van der Waals surface area contributed by atoms with Crippen molar-refractivity contribution in [3.8, 4) is 6.07 Å². The fourth-order valence-corrected chi connectivity index (χ4v) is 2.84. The van der Waals surface area contributed by atoms with Crippen LogP contribution in [0.5, 0.6) is 0 Å². The van der Waals surface area contributed by atoms with E-state index in [0.29, 0.717) is 0 Å². The Hall–Kier alpha value is -2.37. The largest absolute Gasteiger partial charge is 0.328 e. The van der Waals surface area contributed by atoms with Crippen LogP contribution in [0.15, 0.2) is 60.7 Å². The first kappa shape index (κ1) is 13.6. The Kier molecular flexibility index (Phi) is 4.14. The molecule has 0 aliphatic carbocycles. The van der Waals surface area contributed by atoms with Crippen LogP contribution >= 0.6 is 0 Å². The molecule has 3 rings (SSSR count). The number of rotatable bonds is 3. The second-order valence-corrected chi connectivity index (χ2v) is 5.54. The molecule has 2 aromatic carbocycles. The molecular weight excluding hydrogens is 256 g/mol. The SMILES string of the molecule is N#Cc1ccc(C[NH+]2CC=C(c3ccccc3)CC2)cc1. The number of nitriles is 1. The van der Waals surface area contributed by atoms with E-state index in [-0.39, 0.29) is 0 Å². The van der Waals surface area contributed by atoms with E-state index in [4.69, 9.17) is 5.26 Å². The van der Waals surface area contributed by atoms with Gasteiger partial charge in [0.25, 0.3) is 0 Å². The zero-order valence-corrected chi connectivity index (χ0v) is 12.0. The maximum Gasteiger partial charge on any atom is 0.103 e. The van der Waals surface area contributed by atoms with Crippen LogP contribution in [0.25, 0.3) is 5.57 Å². The third-order valence-electron chi connectivity index (χ3n) is 4.07. The summed E-state index contributed by atoms with van der Waals surface area (Å²) >= 11 is 0.